The van der Waals surface area contributed by atoms with Crippen LogP contribution in [0.15, 0.2) is 18.2 Å². The van der Waals surface area contributed by atoms with E-state index in [0.717, 1.165) is 22.7 Å². The molecule has 106 valence electrons. The van der Waals surface area contributed by atoms with E-state index < -0.39 is 11.6 Å². The van der Waals surface area contributed by atoms with E-state index in [9.17, 15) is 9.90 Å². The van der Waals surface area contributed by atoms with E-state index in [2.05, 4.69) is 10.3 Å². The number of nitrogens with zero attached hydrogens (tertiary/aromatic N) is 3. The molecule has 0 saturated heterocycles. The van der Waals surface area contributed by atoms with Gasteiger partial charge in [-0.05, 0) is 44.0 Å². The molecule has 0 aliphatic carbocycles. The van der Waals surface area contributed by atoms with Crippen molar-refractivity contribution in [3.8, 4) is 0 Å². The Morgan fingerprint density at radius 1 is 1.45 bits per heavy atom. The number of carboxylic acid groups (broad SMARTS) is 1. The van der Waals surface area contributed by atoms with Crippen molar-refractivity contribution in [2.24, 2.45) is 0 Å². The van der Waals surface area contributed by atoms with E-state index in [1.807, 2.05) is 19.1 Å². The van der Waals surface area contributed by atoms with Gasteiger partial charge in [0.05, 0.1) is 17.7 Å². The van der Waals surface area contributed by atoms with Crippen molar-refractivity contribution in [2.75, 3.05) is 0 Å². The van der Waals surface area contributed by atoms with Gasteiger partial charge in [0.2, 0.25) is 0 Å². The summed E-state index contributed by atoms with van der Waals surface area (Å²) >= 11 is 0. The molecule has 2 rings (SSSR count). The molecular formula is C14H17N3O3. The molecule has 1 aromatic heterocycles. The van der Waals surface area contributed by atoms with Gasteiger partial charge in [-0.25, -0.2) is 9.48 Å². The zero-order valence-electron chi connectivity index (χ0n) is 11.7. The third-order valence-electron chi connectivity index (χ3n) is 2.92. The monoisotopic (exact) mass is 275 g/mol. The van der Waals surface area contributed by atoms with Gasteiger partial charge in [-0.3, -0.25) is 0 Å². The molecule has 0 spiro atoms. The number of benzene rings is 1. The van der Waals surface area contributed by atoms with Crippen molar-refractivity contribution in [2.45, 2.75) is 32.9 Å². The molecule has 1 aromatic carbocycles. The minimum atomic E-state index is -0.991. The lowest BCUT2D eigenvalue weighted by Crippen LogP contribution is -2.26. The van der Waals surface area contributed by atoms with Gasteiger partial charge in [-0.15, -0.1) is 5.10 Å². The Morgan fingerprint density at radius 2 is 2.15 bits per heavy atom. The normalized spacial score (nSPS) is 12.4. The number of rotatable bonds is 4. The number of carbonyl (C=O) groups is 1. The van der Waals surface area contributed by atoms with E-state index in [1.54, 1.807) is 18.5 Å². The second-order valence-electron chi connectivity index (χ2n) is 5.38. The molecule has 1 heterocycles. The van der Waals surface area contributed by atoms with Crippen LogP contribution >= 0.6 is 0 Å². The highest BCUT2D eigenvalue weighted by atomic mass is 16.4. The van der Waals surface area contributed by atoms with Crippen LogP contribution in [0.25, 0.3) is 17.1 Å². The van der Waals surface area contributed by atoms with E-state index in [1.165, 1.54) is 6.08 Å². The van der Waals surface area contributed by atoms with Crippen LogP contribution in [0, 0.1) is 6.92 Å². The number of aromatic nitrogens is 3. The van der Waals surface area contributed by atoms with Gasteiger partial charge in [-0.1, -0.05) is 11.3 Å². The van der Waals surface area contributed by atoms with Crippen LogP contribution in [-0.4, -0.2) is 36.8 Å². The van der Waals surface area contributed by atoms with Gasteiger partial charge in [0.1, 0.15) is 5.52 Å². The largest absolute Gasteiger partial charge is 0.478 e. The fourth-order valence-electron chi connectivity index (χ4n) is 2.01. The Labute approximate surface area is 116 Å². The highest BCUT2D eigenvalue weighted by molar-refractivity contribution is 5.88. The zero-order chi connectivity index (χ0) is 14.9. The van der Waals surface area contributed by atoms with Gasteiger partial charge in [-0.2, -0.15) is 0 Å². The van der Waals surface area contributed by atoms with E-state index in [-0.39, 0.29) is 0 Å². The fraction of sp³-hybridized carbons (Fsp3) is 0.357. The second-order valence-corrected chi connectivity index (χ2v) is 5.38. The van der Waals surface area contributed by atoms with Crippen LogP contribution in [0.5, 0.6) is 0 Å². The number of carboxylic acids is 1. The summed E-state index contributed by atoms with van der Waals surface area (Å²) < 4.78 is 1.65. The average molecular weight is 275 g/mol. The van der Waals surface area contributed by atoms with Gasteiger partial charge < -0.3 is 10.2 Å². The maximum Gasteiger partial charge on any atom is 0.328 e. The van der Waals surface area contributed by atoms with Crippen molar-refractivity contribution in [3.05, 3.63) is 29.3 Å². The fourth-order valence-corrected chi connectivity index (χ4v) is 2.01. The minimum Gasteiger partial charge on any atom is -0.478 e. The maximum atomic E-state index is 10.6. The Kier molecular flexibility index (Phi) is 3.59. The molecule has 20 heavy (non-hydrogen) atoms. The third-order valence-corrected chi connectivity index (χ3v) is 2.92. The number of hydrogen-bond donors (Lipinski definition) is 2. The van der Waals surface area contributed by atoms with Crippen LogP contribution in [0.2, 0.25) is 0 Å². The number of aliphatic hydroxyl groups is 1. The van der Waals surface area contributed by atoms with Crippen LogP contribution in [0.4, 0.5) is 0 Å². The van der Waals surface area contributed by atoms with Crippen molar-refractivity contribution < 1.29 is 15.0 Å². The molecule has 0 bridgehead atoms. The molecule has 0 amide bonds. The van der Waals surface area contributed by atoms with Crippen molar-refractivity contribution in [1.82, 2.24) is 15.0 Å². The molecule has 6 nitrogen and oxygen atoms in total. The van der Waals surface area contributed by atoms with Gasteiger partial charge in [0.15, 0.2) is 0 Å². The van der Waals surface area contributed by atoms with Gasteiger partial charge >= 0.3 is 5.97 Å². The van der Waals surface area contributed by atoms with Gasteiger partial charge in [0, 0.05) is 6.08 Å². The van der Waals surface area contributed by atoms with Crippen LogP contribution in [-0.2, 0) is 11.3 Å². The van der Waals surface area contributed by atoms with Gasteiger partial charge in [0.25, 0.3) is 0 Å². The Hall–Kier alpha value is -2.21. The SMILES string of the molecule is Cc1c(/C=C/C(=O)O)ccc2c1nnn2CC(C)(C)O. The van der Waals surface area contributed by atoms with Crippen molar-refractivity contribution >= 4 is 23.1 Å². The van der Waals surface area contributed by atoms with Crippen LogP contribution in [0.1, 0.15) is 25.0 Å². The summed E-state index contributed by atoms with van der Waals surface area (Å²) in [5.41, 5.74) is 2.30. The highest BCUT2D eigenvalue weighted by Gasteiger charge is 2.17. The summed E-state index contributed by atoms with van der Waals surface area (Å²) in [5.74, 6) is -0.991. The molecule has 0 fully saturated rings. The van der Waals surface area contributed by atoms with Crippen molar-refractivity contribution in [1.29, 1.82) is 0 Å². The molecule has 0 saturated carbocycles. The van der Waals surface area contributed by atoms with Crippen LogP contribution in [0.3, 0.4) is 0 Å². The van der Waals surface area contributed by atoms with E-state index in [4.69, 9.17) is 5.11 Å². The van der Waals surface area contributed by atoms with E-state index in [0.29, 0.717) is 12.1 Å². The Morgan fingerprint density at radius 3 is 2.75 bits per heavy atom. The molecule has 0 aliphatic rings. The maximum absolute atomic E-state index is 10.6. The summed E-state index contributed by atoms with van der Waals surface area (Å²) in [4.78, 5) is 10.6. The molecule has 2 aromatic rings. The molecule has 0 unspecified atom stereocenters. The predicted octanol–water partition coefficient (Wildman–Crippen LogP) is 1.61. The standard InChI is InChI=1S/C14H17N3O3/c1-9-10(5-7-12(18)19)4-6-11-13(9)15-16-17(11)8-14(2,3)20/h4-7,20H,8H2,1-3H3,(H,18,19)/b7-5+. The third kappa shape index (κ3) is 3.03. The zero-order valence-corrected chi connectivity index (χ0v) is 11.7. The lowest BCUT2D eigenvalue weighted by Gasteiger charge is -2.16. The first-order valence-corrected chi connectivity index (χ1v) is 6.24. The Bertz CT molecular complexity index is 681. The smallest absolute Gasteiger partial charge is 0.328 e. The summed E-state index contributed by atoms with van der Waals surface area (Å²) in [6.07, 6.45) is 2.63. The summed E-state index contributed by atoms with van der Waals surface area (Å²) in [7, 11) is 0. The highest BCUT2D eigenvalue weighted by Crippen LogP contribution is 2.21. The number of aliphatic carboxylic acids is 1. The first kappa shape index (κ1) is 14.2. The van der Waals surface area contributed by atoms with Crippen LogP contribution < -0.4 is 0 Å². The molecule has 0 atom stereocenters. The predicted molar refractivity (Wildman–Crippen MR) is 75.2 cm³/mol. The quantitative estimate of drug-likeness (QED) is 0.827. The molecule has 6 heteroatoms. The lowest BCUT2D eigenvalue weighted by molar-refractivity contribution is -0.131. The first-order valence-electron chi connectivity index (χ1n) is 6.24. The summed E-state index contributed by atoms with van der Waals surface area (Å²) in [6.45, 7) is 5.62. The second kappa shape index (κ2) is 5.05. The molecular weight excluding hydrogens is 258 g/mol. The Balaban J connectivity index is 2.46. The summed E-state index contributed by atoms with van der Waals surface area (Å²) in [6, 6.07) is 3.65. The van der Waals surface area contributed by atoms with Crippen molar-refractivity contribution in [3.63, 3.8) is 0 Å². The average Bonchev–Trinajstić information content (AvgIpc) is 2.70. The molecule has 0 aliphatic heterocycles. The topological polar surface area (TPSA) is 88.2 Å². The first-order chi connectivity index (χ1) is 9.28. The number of hydrogen-bond acceptors (Lipinski definition) is 4. The molecule has 0 radical (unpaired) electrons. The van der Waals surface area contributed by atoms with E-state index >= 15 is 0 Å². The summed E-state index contributed by atoms with van der Waals surface area (Å²) in [5, 5.41) is 26.7. The minimum absolute atomic E-state index is 0.341. The molecule has 2 N–H and O–H groups in total. The number of fused-ring (bicyclic) bond motifs is 1. The number of aryl methyl sites for hydroxylation is 1. The lowest BCUT2D eigenvalue weighted by atomic mass is 10.1.